The molecule has 0 spiro atoms. The molecule has 3 rings (SSSR count). The molecule has 0 saturated heterocycles. The van der Waals surface area contributed by atoms with Gasteiger partial charge in [0.25, 0.3) is 0 Å². The Hall–Kier alpha value is -3.19. The molecule has 0 radical (unpaired) electrons. The van der Waals surface area contributed by atoms with Crippen LogP contribution in [0.3, 0.4) is 0 Å². The Morgan fingerprint density at radius 1 is 1.07 bits per heavy atom. The SMILES string of the molecule is COc1ccc(CC(=O)NCC(c2cccnc2)S(=O)(=O)c2ccc(C)cc2)cc1. The van der Waals surface area contributed by atoms with E-state index >= 15 is 0 Å². The van der Waals surface area contributed by atoms with Gasteiger partial charge in [-0.2, -0.15) is 0 Å². The number of rotatable bonds is 8. The smallest absolute Gasteiger partial charge is 0.224 e. The van der Waals surface area contributed by atoms with Crippen LogP contribution in [0.2, 0.25) is 0 Å². The molecule has 0 fully saturated rings. The number of carbonyl (C=O) groups is 1. The minimum atomic E-state index is -3.72. The minimum absolute atomic E-state index is 0.0448. The zero-order chi connectivity index (χ0) is 21.6. The lowest BCUT2D eigenvalue weighted by Crippen LogP contribution is -2.33. The first-order valence-corrected chi connectivity index (χ1v) is 11.0. The summed E-state index contributed by atoms with van der Waals surface area (Å²) in [6, 6.07) is 17.3. The number of benzene rings is 2. The van der Waals surface area contributed by atoms with Crippen LogP contribution in [0.4, 0.5) is 0 Å². The molecule has 1 atom stereocenters. The van der Waals surface area contributed by atoms with Crippen molar-refractivity contribution in [2.24, 2.45) is 0 Å². The highest BCUT2D eigenvalue weighted by Gasteiger charge is 2.29. The second kappa shape index (κ2) is 9.54. The van der Waals surface area contributed by atoms with E-state index < -0.39 is 15.1 Å². The Morgan fingerprint density at radius 2 is 1.77 bits per heavy atom. The summed E-state index contributed by atoms with van der Waals surface area (Å²) in [6.07, 6.45) is 3.25. The lowest BCUT2D eigenvalue weighted by molar-refractivity contribution is -0.120. The van der Waals surface area contributed by atoms with E-state index in [1.165, 1.54) is 6.20 Å². The largest absolute Gasteiger partial charge is 0.497 e. The van der Waals surface area contributed by atoms with Gasteiger partial charge in [-0.3, -0.25) is 9.78 Å². The predicted octanol–water partition coefficient (Wildman–Crippen LogP) is 3.27. The number of aromatic nitrogens is 1. The number of amides is 1. The number of sulfone groups is 1. The fraction of sp³-hybridized carbons (Fsp3) is 0.217. The van der Waals surface area contributed by atoms with E-state index in [1.807, 2.05) is 6.92 Å². The van der Waals surface area contributed by atoms with E-state index in [1.54, 1.807) is 74.0 Å². The van der Waals surface area contributed by atoms with E-state index in [0.717, 1.165) is 11.1 Å². The number of methoxy groups -OCH3 is 1. The summed E-state index contributed by atoms with van der Waals surface area (Å²) in [4.78, 5) is 16.7. The Morgan fingerprint density at radius 3 is 2.37 bits per heavy atom. The van der Waals surface area contributed by atoms with Crippen LogP contribution < -0.4 is 10.1 Å². The highest BCUT2D eigenvalue weighted by Crippen LogP contribution is 2.28. The zero-order valence-corrected chi connectivity index (χ0v) is 17.7. The standard InChI is InChI=1S/C23H24N2O4S/c1-17-5-11-21(12-6-17)30(27,28)22(19-4-3-13-24-15-19)16-25-23(26)14-18-7-9-20(29-2)10-8-18/h3-13,15,22H,14,16H2,1-2H3,(H,25,26). The van der Waals surface area contributed by atoms with Gasteiger partial charge in [0.2, 0.25) is 5.91 Å². The molecule has 3 aromatic rings. The number of pyridine rings is 1. The number of hydrogen-bond donors (Lipinski definition) is 1. The second-order valence-electron chi connectivity index (χ2n) is 6.96. The van der Waals surface area contributed by atoms with Crippen LogP contribution in [-0.4, -0.2) is 33.0 Å². The van der Waals surface area contributed by atoms with Crippen LogP contribution in [0.25, 0.3) is 0 Å². The number of hydrogen-bond acceptors (Lipinski definition) is 5. The summed E-state index contributed by atoms with van der Waals surface area (Å²) < 4.78 is 31.7. The van der Waals surface area contributed by atoms with Gasteiger partial charge in [0.15, 0.2) is 9.84 Å². The van der Waals surface area contributed by atoms with Crippen molar-refractivity contribution >= 4 is 15.7 Å². The van der Waals surface area contributed by atoms with E-state index in [9.17, 15) is 13.2 Å². The van der Waals surface area contributed by atoms with E-state index in [0.29, 0.717) is 11.3 Å². The van der Waals surface area contributed by atoms with Gasteiger partial charge < -0.3 is 10.1 Å². The lowest BCUT2D eigenvalue weighted by Gasteiger charge is -2.19. The number of nitrogens with one attached hydrogen (secondary N) is 1. The molecule has 30 heavy (non-hydrogen) atoms. The van der Waals surface area contributed by atoms with Gasteiger partial charge >= 0.3 is 0 Å². The average molecular weight is 425 g/mol. The van der Waals surface area contributed by atoms with Crippen LogP contribution in [0.1, 0.15) is 21.9 Å². The highest BCUT2D eigenvalue weighted by molar-refractivity contribution is 7.91. The Kier molecular flexibility index (Phi) is 6.84. The van der Waals surface area contributed by atoms with E-state index in [4.69, 9.17) is 4.74 Å². The molecule has 1 N–H and O–H groups in total. The molecule has 1 amide bonds. The third-order valence-electron chi connectivity index (χ3n) is 4.79. The van der Waals surface area contributed by atoms with E-state index in [-0.39, 0.29) is 23.8 Å². The summed E-state index contributed by atoms with van der Waals surface area (Å²) in [5.74, 6) is 0.452. The van der Waals surface area contributed by atoms with Crippen molar-refractivity contribution < 1.29 is 17.9 Å². The van der Waals surface area contributed by atoms with Crippen molar-refractivity contribution in [3.8, 4) is 5.75 Å². The molecule has 1 aromatic heterocycles. The normalized spacial score (nSPS) is 12.2. The summed E-state index contributed by atoms with van der Waals surface area (Å²) in [7, 11) is -2.14. The molecule has 0 aliphatic rings. The molecule has 2 aromatic carbocycles. The average Bonchev–Trinajstić information content (AvgIpc) is 2.75. The first-order chi connectivity index (χ1) is 14.4. The molecule has 0 bridgehead atoms. The van der Waals surface area contributed by atoms with E-state index in [2.05, 4.69) is 10.3 Å². The van der Waals surface area contributed by atoms with Gasteiger partial charge in [0.05, 0.1) is 18.4 Å². The third-order valence-corrected chi connectivity index (χ3v) is 6.91. The van der Waals surface area contributed by atoms with Gasteiger partial charge in [-0.05, 0) is 48.4 Å². The molecule has 1 heterocycles. The van der Waals surface area contributed by atoms with Crippen LogP contribution in [0.5, 0.6) is 5.75 Å². The molecule has 0 aliphatic carbocycles. The summed E-state index contributed by atoms with van der Waals surface area (Å²) in [6.45, 7) is 1.85. The number of ether oxygens (including phenoxy) is 1. The number of carbonyl (C=O) groups excluding carboxylic acids is 1. The lowest BCUT2D eigenvalue weighted by atomic mass is 10.1. The van der Waals surface area contributed by atoms with Crippen LogP contribution in [0.15, 0.2) is 78.0 Å². The van der Waals surface area contributed by atoms with Crippen molar-refractivity contribution in [3.05, 3.63) is 89.7 Å². The third kappa shape index (κ3) is 5.24. The number of aryl methyl sites for hydroxylation is 1. The van der Waals surface area contributed by atoms with Gasteiger partial charge in [0.1, 0.15) is 11.0 Å². The molecule has 6 nitrogen and oxygen atoms in total. The fourth-order valence-electron chi connectivity index (χ4n) is 3.06. The molecule has 0 aliphatic heterocycles. The maximum absolute atomic E-state index is 13.3. The van der Waals surface area contributed by atoms with Crippen molar-refractivity contribution in [2.75, 3.05) is 13.7 Å². The summed E-state index contributed by atoms with van der Waals surface area (Å²) >= 11 is 0. The topological polar surface area (TPSA) is 85.4 Å². The molecule has 0 saturated carbocycles. The molecule has 7 heteroatoms. The van der Waals surface area contributed by atoms with Gasteiger partial charge in [-0.25, -0.2) is 8.42 Å². The van der Waals surface area contributed by atoms with Crippen LogP contribution >= 0.6 is 0 Å². The number of nitrogens with zero attached hydrogens (tertiary/aromatic N) is 1. The van der Waals surface area contributed by atoms with Crippen molar-refractivity contribution in [1.29, 1.82) is 0 Å². The highest BCUT2D eigenvalue weighted by atomic mass is 32.2. The Labute approximate surface area is 176 Å². The zero-order valence-electron chi connectivity index (χ0n) is 16.9. The maximum Gasteiger partial charge on any atom is 0.224 e. The van der Waals surface area contributed by atoms with Crippen molar-refractivity contribution in [1.82, 2.24) is 10.3 Å². The Balaban J connectivity index is 1.78. The molecule has 156 valence electrons. The second-order valence-corrected chi connectivity index (χ2v) is 9.09. The first-order valence-electron chi connectivity index (χ1n) is 9.50. The molecular weight excluding hydrogens is 400 g/mol. The minimum Gasteiger partial charge on any atom is -0.497 e. The predicted molar refractivity (Wildman–Crippen MR) is 115 cm³/mol. The van der Waals surface area contributed by atoms with Crippen molar-refractivity contribution in [2.45, 2.75) is 23.5 Å². The van der Waals surface area contributed by atoms with Gasteiger partial charge in [0, 0.05) is 18.9 Å². The fourth-order valence-corrected chi connectivity index (χ4v) is 4.71. The molecular formula is C23H24N2O4S. The van der Waals surface area contributed by atoms with Crippen LogP contribution in [0, 0.1) is 6.92 Å². The Bertz CT molecular complexity index is 1080. The van der Waals surface area contributed by atoms with Gasteiger partial charge in [-0.15, -0.1) is 0 Å². The maximum atomic E-state index is 13.3. The van der Waals surface area contributed by atoms with Crippen molar-refractivity contribution in [3.63, 3.8) is 0 Å². The molecule has 1 unspecified atom stereocenters. The monoisotopic (exact) mass is 424 g/mol. The summed E-state index contributed by atoms with van der Waals surface area (Å²) in [5.41, 5.74) is 2.31. The summed E-state index contributed by atoms with van der Waals surface area (Å²) in [5, 5.41) is 1.83. The van der Waals surface area contributed by atoms with Gasteiger partial charge in [-0.1, -0.05) is 35.9 Å². The first kappa shape index (κ1) is 21.5. The quantitative estimate of drug-likeness (QED) is 0.600. The van der Waals surface area contributed by atoms with Crippen LogP contribution in [-0.2, 0) is 21.1 Å².